The fourth-order valence-corrected chi connectivity index (χ4v) is 2.42. The van der Waals surface area contributed by atoms with E-state index in [9.17, 15) is 0 Å². The summed E-state index contributed by atoms with van der Waals surface area (Å²) < 4.78 is 5.15. The van der Waals surface area contributed by atoms with Gasteiger partial charge in [0.1, 0.15) is 0 Å². The summed E-state index contributed by atoms with van der Waals surface area (Å²) in [5, 5.41) is 4.09. The van der Waals surface area contributed by atoms with Crippen molar-refractivity contribution >= 4 is 5.88 Å². The van der Waals surface area contributed by atoms with Gasteiger partial charge in [0.2, 0.25) is 5.88 Å². The van der Waals surface area contributed by atoms with Crippen LogP contribution in [0.2, 0.25) is 0 Å². The summed E-state index contributed by atoms with van der Waals surface area (Å²) in [6.45, 7) is 2.09. The first kappa shape index (κ1) is 13.4. The predicted octanol–water partition coefficient (Wildman–Crippen LogP) is 3.41. The number of aromatic nitrogens is 2. The lowest BCUT2D eigenvalue weighted by Gasteiger charge is -2.03. The van der Waals surface area contributed by atoms with E-state index < -0.39 is 0 Å². The van der Waals surface area contributed by atoms with E-state index in [0.29, 0.717) is 5.88 Å². The Morgan fingerprint density at radius 1 is 1.10 bits per heavy atom. The van der Waals surface area contributed by atoms with E-state index in [2.05, 4.69) is 41.3 Å². The van der Waals surface area contributed by atoms with Crippen LogP contribution in [0.4, 0.5) is 5.88 Å². The van der Waals surface area contributed by atoms with Gasteiger partial charge in [0, 0.05) is 6.20 Å². The average Bonchev–Trinajstić information content (AvgIpc) is 2.87. The highest BCUT2D eigenvalue weighted by Crippen LogP contribution is 2.28. The molecule has 2 heterocycles. The van der Waals surface area contributed by atoms with E-state index in [1.54, 1.807) is 6.20 Å². The minimum absolute atomic E-state index is 0.327. The quantitative estimate of drug-likeness (QED) is 0.794. The van der Waals surface area contributed by atoms with Crippen molar-refractivity contribution in [1.29, 1.82) is 0 Å². The fraction of sp³-hybridized carbons (Fsp3) is 0.176. The molecule has 0 fully saturated rings. The molecule has 0 aliphatic carbocycles. The van der Waals surface area contributed by atoms with Crippen LogP contribution >= 0.6 is 0 Å². The summed E-state index contributed by atoms with van der Waals surface area (Å²) in [5.74, 6) is 0.327. The third kappa shape index (κ3) is 2.94. The number of anilines is 1. The number of nitrogens with two attached hydrogens (primary N) is 1. The second-order valence-electron chi connectivity index (χ2n) is 5.07. The van der Waals surface area contributed by atoms with E-state index in [4.69, 9.17) is 10.3 Å². The van der Waals surface area contributed by atoms with E-state index in [1.165, 1.54) is 11.1 Å². The van der Waals surface area contributed by atoms with Crippen molar-refractivity contribution in [3.05, 3.63) is 65.5 Å². The molecule has 0 aliphatic rings. The molecule has 0 radical (unpaired) electrons. The van der Waals surface area contributed by atoms with E-state index >= 15 is 0 Å². The number of nitrogen functional groups attached to an aromatic ring is 1. The molecule has 0 atom stereocenters. The molecule has 4 heteroatoms. The summed E-state index contributed by atoms with van der Waals surface area (Å²) in [6, 6.07) is 14.2. The van der Waals surface area contributed by atoms with Gasteiger partial charge < -0.3 is 10.3 Å². The molecule has 3 aromatic rings. The predicted molar refractivity (Wildman–Crippen MR) is 82.7 cm³/mol. The van der Waals surface area contributed by atoms with Gasteiger partial charge in [-0.3, -0.25) is 4.98 Å². The van der Waals surface area contributed by atoms with Gasteiger partial charge >= 0.3 is 0 Å². The van der Waals surface area contributed by atoms with Gasteiger partial charge in [0.25, 0.3) is 0 Å². The summed E-state index contributed by atoms with van der Waals surface area (Å²) in [5.41, 5.74) is 10.9. The Hall–Kier alpha value is -2.62. The molecule has 0 bridgehead atoms. The van der Waals surface area contributed by atoms with Crippen molar-refractivity contribution < 1.29 is 4.52 Å². The highest BCUT2D eigenvalue weighted by atomic mass is 16.5. The first-order valence-corrected chi connectivity index (χ1v) is 6.95. The van der Waals surface area contributed by atoms with Crippen LogP contribution in [-0.2, 0) is 12.8 Å². The fourth-order valence-electron chi connectivity index (χ4n) is 2.42. The number of rotatable bonds is 4. The van der Waals surface area contributed by atoms with Gasteiger partial charge in [0.05, 0.1) is 17.0 Å². The summed E-state index contributed by atoms with van der Waals surface area (Å²) in [7, 11) is 0. The third-order valence-corrected chi connectivity index (χ3v) is 3.44. The Bertz CT molecular complexity index is 735. The minimum atomic E-state index is 0.327. The highest BCUT2D eigenvalue weighted by Gasteiger charge is 2.16. The summed E-state index contributed by atoms with van der Waals surface area (Å²) >= 11 is 0. The van der Waals surface area contributed by atoms with Crippen molar-refractivity contribution in [2.75, 3.05) is 5.73 Å². The molecule has 0 aliphatic heterocycles. The van der Waals surface area contributed by atoms with Crippen LogP contribution in [0.3, 0.4) is 0 Å². The van der Waals surface area contributed by atoms with Crippen LogP contribution in [-0.4, -0.2) is 10.1 Å². The standard InChI is InChI=1S/C17H17N3O/c1-12-5-4-6-13(11-12)8-9-15-16(17(18)21-20-15)14-7-2-3-10-19-14/h2-7,10-11H,8-9,18H2,1H3. The van der Waals surface area contributed by atoms with Crippen LogP contribution in [0.1, 0.15) is 16.8 Å². The van der Waals surface area contributed by atoms with Gasteiger partial charge in [-0.2, -0.15) is 0 Å². The van der Waals surface area contributed by atoms with Crippen molar-refractivity contribution in [2.45, 2.75) is 19.8 Å². The van der Waals surface area contributed by atoms with Crippen molar-refractivity contribution in [3.63, 3.8) is 0 Å². The van der Waals surface area contributed by atoms with Crippen molar-refractivity contribution in [2.24, 2.45) is 0 Å². The molecule has 3 rings (SSSR count). The average molecular weight is 279 g/mol. The van der Waals surface area contributed by atoms with E-state index in [0.717, 1.165) is 29.8 Å². The molecule has 21 heavy (non-hydrogen) atoms. The summed E-state index contributed by atoms with van der Waals surface area (Å²) in [4.78, 5) is 4.33. The molecular weight excluding hydrogens is 262 g/mol. The van der Waals surface area contributed by atoms with Gasteiger partial charge in [-0.15, -0.1) is 0 Å². The maximum atomic E-state index is 5.90. The summed E-state index contributed by atoms with van der Waals surface area (Å²) in [6.07, 6.45) is 3.41. The molecule has 0 unspecified atom stereocenters. The smallest absolute Gasteiger partial charge is 0.231 e. The van der Waals surface area contributed by atoms with Crippen LogP contribution in [0.5, 0.6) is 0 Å². The number of pyridine rings is 1. The lowest BCUT2D eigenvalue weighted by molar-refractivity contribution is 0.427. The second-order valence-corrected chi connectivity index (χ2v) is 5.07. The zero-order valence-electron chi connectivity index (χ0n) is 11.9. The molecule has 0 saturated heterocycles. The van der Waals surface area contributed by atoms with Crippen LogP contribution < -0.4 is 5.73 Å². The van der Waals surface area contributed by atoms with Gasteiger partial charge in [-0.1, -0.05) is 41.1 Å². The number of hydrogen-bond acceptors (Lipinski definition) is 4. The normalized spacial score (nSPS) is 10.7. The Kier molecular flexibility index (Phi) is 3.69. The monoisotopic (exact) mass is 279 g/mol. The maximum absolute atomic E-state index is 5.90. The first-order chi connectivity index (χ1) is 10.2. The minimum Gasteiger partial charge on any atom is -0.367 e. The second kappa shape index (κ2) is 5.79. The molecule has 2 N–H and O–H groups in total. The SMILES string of the molecule is Cc1cccc(CCc2noc(N)c2-c2ccccn2)c1. The van der Waals surface area contributed by atoms with Crippen molar-refractivity contribution in [3.8, 4) is 11.3 Å². The lowest BCUT2D eigenvalue weighted by Crippen LogP contribution is -1.96. The highest BCUT2D eigenvalue weighted by molar-refractivity contribution is 5.72. The van der Waals surface area contributed by atoms with Crippen molar-refractivity contribution in [1.82, 2.24) is 10.1 Å². The molecular formula is C17H17N3O. The number of aryl methyl sites for hydroxylation is 3. The van der Waals surface area contributed by atoms with Crippen LogP contribution in [0, 0.1) is 6.92 Å². The number of benzene rings is 1. The Morgan fingerprint density at radius 2 is 2.00 bits per heavy atom. The molecule has 1 aromatic carbocycles. The largest absolute Gasteiger partial charge is 0.367 e. The van der Waals surface area contributed by atoms with Gasteiger partial charge in [-0.05, 0) is 37.5 Å². The Morgan fingerprint density at radius 3 is 2.76 bits per heavy atom. The lowest BCUT2D eigenvalue weighted by atomic mass is 10.0. The number of hydrogen-bond donors (Lipinski definition) is 1. The van der Waals surface area contributed by atoms with Crippen LogP contribution in [0.25, 0.3) is 11.3 Å². The molecule has 0 saturated carbocycles. The van der Waals surface area contributed by atoms with E-state index in [1.807, 2.05) is 18.2 Å². The molecule has 2 aromatic heterocycles. The molecule has 0 spiro atoms. The topological polar surface area (TPSA) is 64.9 Å². The van der Waals surface area contributed by atoms with E-state index in [-0.39, 0.29) is 0 Å². The van der Waals surface area contributed by atoms with Crippen LogP contribution in [0.15, 0.2) is 53.2 Å². The Balaban J connectivity index is 1.84. The molecule has 0 amide bonds. The number of nitrogens with zero attached hydrogens (tertiary/aromatic N) is 2. The maximum Gasteiger partial charge on any atom is 0.231 e. The zero-order chi connectivity index (χ0) is 14.7. The zero-order valence-corrected chi connectivity index (χ0v) is 11.9. The van der Waals surface area contributed by atoms with Gasteiger partial charge in [-0.25, -0.2) is 0 Å². The molecule has 106 valence electrons. The molecule has 4 nitrogen and oxygen atoms in total. The van der Waals surface area contributed by atoms with Gasteiger partial charge in [0.15, 0.2) is 0 Å². The first-order valence-electron chi connectivity index (χ1n) is 6.95. The Labute approximate surface area is 123 Å². The third-order valence-electron chi connectivity index (χ3n) is 3.44.